The Balaban J connectivity index is 0.000000129. The van der Waals surface area contributed by atoms with E-state index < -0.39 is 11.1 Å². The minimum Gasteiger partial charge on any atom is -0.448 e. The molecule has 28 heteroatoms. The van der Waals surface area contributed by atoms with Crippen molar-refractivity contribution < 1.29 is 29.2 Å². The smallest absolute Gasteiger partial charge is 0.409 e. The van der Waals surface area contributed by atoms with Gasteiger partial charge in [0, 0.05) is 156 Å². The first kappa shape index (κ1) is 62.5. The fourth-order valence-corrected chi connectivity index (χ4v) is 10.9. The number of anilines is 3. The molecule has 3 aliphatic heterocycles. The summed E-state index contributed by atoms with van der Waals surface area (Å²) in [5, 5.41) is 56.0. The summed E-state index contributed by atoms with van der Waals surface area (Å²) in [7, 11) is 11.3. The second-order valence-corrected chi connectivity index (χ2v) is 23.6. The summed E-state index contributed by atoms with van der Waals surface area (Å²) in [6.45, 7) is 3.67. The van der Waals surface area contributed by atoms with Crippen molar-refractivity contribution in [2.75, 3.05) is 81.8 Å². The number of aromatic nitrogens is 18. The molecular formula is C67H70N22O6. The number of carbonyl (C=O) groups is 1. The number of cyclic esters (lactones) is 1. The Morgan fingerprint density at radius 3 is 1.21 bits per heavy atom. The fraction of sp³-hybridized carbons (Fsp3) is 0.269. The molecule has 9 aromatic heterocycles. The average molecular weight is 1280 g/mol. The van der Waals surface area contributed by atoms with Crippen LogP contribution < -0.4 is 16.0 Å². The van der Waals surface area contributed by atoms with E-state index >= 15 is 0 Å². The Bertz CT molecular complexity index is 4470. The van der Waals surface area contributed by atoms with E-state index in [0.29, 0.717) is 87.6 Å². The number of ether oxygens (including phenoxy) is 3. The van der Waals surface area contributed by atoms with Gasteiger partial charge in [0.05, 0.1) is 93.5 Å². The third kappa shape index (κ3) is 14.1. The molecule has 12 heterocycles. The lowest BCUT2D eigenvalue weighted by Gasteiger charge is -2.41. The minimum absolute atomic E-state index is 0.0463. The highest BCUT2D eigenvalue weighted by molar-refractivity contribution is 5.80. The van der Waals surface area contributed by atoms with Crippen LogP contribution in [0, 0.1) is 0 Å². The summed E-state index contributed by atoms with van der Waals surface area (Å²) in [5.41, 5.74) is 12.6. The van der Waals surface area contributed by atoms with E-state index in [9.17, 15) is 15.0 Å². The van der Waals surface area contributed by atoms with Crippen molar-refractivity contribution in [3.8, 4) is 101 Å². The molecule has 5 N–H and O–H groups in total. The van der Waals surface area contributed by atoms with E-state index in [4.69, 9.17) is 29.2 Å². The van der Waals surface area contributed by atoms with Crippen molar-refractivity contribution in [3.05, 3.63) is 165 Å². The van der Waals surface area contributed by atoms with Crippen LogP contribution in [0.1, 0.15) is 0 Å². The molecule has 0 radical (unpaired) electrons. The van der Waals surface area contributed by atoms with Gasteiger partial charge in [-0.1, -0.05) is 54.6 Å². The highest BCUT2D eigenvalue weighted by Gasteiger charge is 2.40. The molecule has 1 amide bonds. The quantitative estimate of drug-likeness (QED) is 0.0542. The molecule has 3 aliphatic rings. The van der Waals surface area contributed by atoms with Crippen molar-refractivity contribution >= 4 is 23.5 Å². The second kappa shape index (κ2) is 27.1. The Hall–Kier alpha value is -11.3. The summed E-state index contributed by atoms with van der Waals surface area (Å²) < 4.78 is 26.2. The number of nitrogens with one attached hydrogen (secondary N) is 3. The van der Waals surface area contributed by atoms with Gasteiger partial charge in [-0.15, -0.1) is 0 Å². The van der Waals surface area contributed by atoms with Gasteiger partial charge in [0.25, 0.3) is 0 Å². The van der Waals surface area contributed by atoms with Crippen LogP contribution in [0.15, 0.2) is 165 Å². The third-order valence-electron chi connectivity index (χ3n) is 16.2. The number of nitrogens with zero attached hydrogens (tertiary/aromatic N) is 19. The van der Waals surface area contributed by atoms with E-state index in [1.165, 1.54) is 0 Å². The maximum atomic E-state index is 11.7. The zero-order valence-corrected chi connectivity index (χ0v) is 53.2. The molecule has 3 saturated heterocycles. The van der Waals surface area contributed by atoms with Gasteiger partial charge < -0.3 is 45.3 Å². The van der Waals surface area contributed by atoms with Crippen molar-refractivity contribution in [3.63, 3.8) is 0 Å². The number of aryl methyl sites for hydroxylation is 6. The first-order chi connectivity index (χ1) is 46.2. The molecule has 28 nitrogen and oxygen atoms in total. The number of benzene rings is 3. The standard InChI is InChI=1S/C23H24N8O2.2C22H23N7O2/c1-29-8-6-20(28-29)19-14-25-21(27-22(19)24-7-9-31-10-11-33-23(31)32)17-5-3-4-16(12-17)18-13-26-30(2)15-18;1-28-10-17(7-24-28)15-4-3-5-16(6-15)20-23-9-19(18-8-25-29(2)11-18)21(26-20)27-22(12-30)13-31-14-22;1-28-7-6-19(27-28)18-10-23-20(25-21(18)26-22(12-30)13-31-14-22)16-5-3-4-15(8-16)17-9-24-29(2)11-17/h3-6,8,12-15H,7,9-11H2,1-2H3,(H,24,25,27);3-11,30H,12-14H2,1-2H3,(H,23,26,27);3-11,30H,12-14H2,1-2H3,(H,23,25,26). The highest BCUT2D eigenvalue weighted by Crippen LogP contribution is 2.36. The van der Waals surface area contributed by atoms with E-state index in [1.54, 1.807) is 57.8 Å². The van der Waals surface area contributed by atoms with Crippen molar-refractivity contribution in [2.45, 2.75) is 11.1 Å². The topological polar surface area (TPSA) is 309 Å². The van der Waals surface area contributed by atoms with Crippen LogP contribution >= 0.6 is 0 Å². The third-order valence-corrected chi connectivity index (χ3v) is 16.2. The fourth-order valence-electron chi connectivity index (χ4n) is 10.9. The van der Waals surface area contributed by atoms with Crippen LogP contribution in [-0.4, -0.2) is 187 Å². The van der Waals surface area contributed by atoms with E-state index in [2.05, 4.69) is 67.6 Å². The van der Waals surface area contributed by atoms with Gasteiger partial charge in [-0.3, -0.25) is 28.1 Å². The van der Waals surface area contributed by atoms with Crippen molar-refractivity contribution in [2.24, 2.45) is 42.3 Å². The molecule has 0 spiro atoms. The SMILES string of the molecule is Cn1cc(-c2cccc(-c3ncc(-c4ccn(C)n4)c(NC4(CO)COC4)n3)c2)cn1.Cn1cc(-c2cccc(-c3ncc(-c4ccn(C)n4)c(NCCN4CCOC4=O)n3)c2)cn1.Cn1cc(-c2cccc(-c3ncc(-c4cnn(C)c4)c(NC4(CO)COC4)n3)c2)cn1. The average Bonchev–Trinajstić information content (AvgIpc) is 1.25. The van der Waals surface area contributed by atoms with Crippen LogP contribution in [0.2, 0.25) is 0 Å². The Morgan fingerprint density at radius 2 is 0.853 bits per heavy atom. The predicted molar refractivity (Wildman–Crippen MR) is 356 cm³/mol. The second-order valence-electron chi connectivity index (χ2n) is 23.6. The first-order valence-corrected chi connectivity index (χ1v) is 30.6. The highest BCUT2D eigenvalue weighted by atomic mass is 16.6. The number of aliphatic hydroxyl groups is 2. The Labute approximate surface area is 545 Å². The number of aliphatic hydroxyl groups excluding tert-OH is 2. The monoisotopic (exact) mass is 1280 g/mol. The predicted octanol–water partition coefficient (Wildman–Crippen LogP) is 7.04. The molecule has 0 saturated carbocycles. The first-order valence-electron chi connectivity index (χ1n) is 30.6. The van der Waals surface area contributed by atoms with Crippen LogP contribution in [0.5, 0.6) is 0 Å². The van der Waals surface area contributed by atoms with Crippen molar-refractivity contribution in [1.82, 2.24) is 93.5 Å². The Morgan fingerprint density at radius 1 is 0.463 bits per heavy atom. The van der Waals surface area contributed by atoms with E-state index in [1.807, 2.05) is 177 Å². The molecule has 0 bridgehead atoms. The largest absolute Gasteiger partial charge is 0.448 e. The van der Waals surface area contributed by atoms with Gasteiger partial charge in [0.15, 0.2) is 17.5 Å². The normalized spacial score (nSPS) is 14.4. The van der Waals surface area contributed by atoms with Gasteiger partial charge in [0.2, 0.25) is 0 Å². The number of hydrogen-bond donors (Lipinski definition) is 5. The molecule has 0 unspecified atom stereocenters. The summed E-state index contributed by atoms with van der Waals surface area (Å²) >= 11 is 0. The molecule has 0 atom stereocenters. The van der Waals surface area contributed by atoms with Crippen LogP contribution in [0.25, 0.3) is 101 Å². The summed E-state index contributed by atoms with van der Waals surface area (Å²) in [6, 6.07) is 28.0. The minimum atomic E-state index is -0.549. The summed E-state index contributed by atoms with van der Waals surface area (Å²) in [6.07, 6.45) is 23.9. The zero-order chi connectivity index (χ0) is 65.6. The maximum absolute atomic E-state index is 11.7. The molecule has 15 rings (SSSR count). The number of amides is 1. The lowest BCUT2D eigenvalue weighted by molar-refractivity contribution is -0.0652. The molecule has 0 aliphatic carbocycles. The molecule has 95 heavy (non-hydrogen) atoms. The van der Waals surface area contributed by atoms with Gasteiger partial charge >= 0.3 is 6.09 Å². The lowest BCUT2D eigenvalue weighted by atomic mass is 9.98. The van der Waals surface area contributed by atoms with Crippen LogP contribution in [-0.2, 0) is 56.5 Å². The Kier molecular flexibility index (Phi) is 17.8. The molecule has 484 valence electrons. The maximum Gasteiger partial charge on any atom is 0.409 e. The van der Waals surface area contributed by atoms with Gasteiger partial charge in [-0.25, -0.2) is 34.7 Å². The zero-order valence-electron chi connectivity index (χ0n) is 53.2. The summed E-state index contributed by atoms with van der Waals surface area (Å²) in [4.78, 5) is 41.8. The lowest BCUT2D eigenvalue weighted by Crippen LogP contribution is -2.58. The van der Waals surface area contributed by atoms with Crippen molar-refractivity contribution in [1.29, 1.82) is 0 Å². The van der Waals surface area contributed by atoms with E-state index in [0.717, 1.165) is 83.7 Å². The van der Waals surface area contributed by atoms with Crippen LogP contribution in [0.3, 0.4) is 0 Å². The van der Waals surface area contributed by atoms with Gasteiger partial charge in [0.1, 0.15) is 35.1 Å². The summed E-state index contributed by atoms with van der Waals surface area (Å²) in [5.74, 6) is 3.70. The molecular weight excluding hydrogens is 1210 g/mol. The van der Waals surface area contributed by atoms with Crippen LogP contribution in [0.4, 0.5) is 22.2 Å². The number of hydrogen-bond acceptors (Lipinski definition) is 21. The molecule has 12 aromatic rings. The molecule has 3 fully saturated rings. The van der Waals surface area contributed by atoms with Gasteiger partial charge in [-0.2, -0.15) is 30.6 Å². The number of carbonyl (C=O) groups excluding carboxylic acids is 1. The van der Waals surface area contributed by atoms with Gasteiger partial charge in [-0.05, 0) is 47.0 Å². The van der Waals surface area contributed by atoms with E-state index in [-0.39, 0.29) is 19.3 Å². The number of rotatable bonds is 19. The molecule has 3 aromatic carbocycles.